The smallest absolute Gasteiger partial charge is 0.290 e. The van der Waals surface area contributed by atoms with Crippen LogP contribution in [0, 0.1) is 13.8 Å². The quantitative estimate of drug-likeness (QED) is 0.630. The summed E-state index contributed by atoms with van der Waals surface area (Å²) in [5.41, 5.74) is 2.82. The number of thiazole rings is 1. The number of amides is 1. The molecule has 0 saturated heterocycles. The van der Waals surface area contributed by atoms with Crippen LogP contribution in [0.1, 0.15) is 77.1 Å². The Hall–Kier alpha value is -2.47. The molecule has 1 unspecified atom stereocenters. The molecule has 1 aromatic carbocycles. The molecule has 0 radical (unpaired) electrons. The average molecular weight is 413 g/mol. The molecular formula is C23H28N2O3S. The highest BCUT2D eigenvalue weighted by molar-refractivity contribution is 7.14. The number of aliphatic hydroxyl groups is 1. The van der Waals surface area contributed by atoms with E-state index in [0.717, 1.165) is 23.4 Å². The van der Waals surface area contributed by atoms with Crippen molar-refractivity contribution >= 4 is 23.0 Å². The van der Waals surface area contributed by atoms with Gasteiger partial charge in [-0.15, -0.1) is 11.3 Å². The van der Waals surface area contributed by atoms with Crippen LogP contribution in [0.5, 0.6) is 0 Å². The van der Waals surface area contributed by atoms with E-state index in [0.29, 0.717) is 23.0 Å². The standard InChI is InChI=1S/C23H28N2O3S/c1-6-7-12-25-19(17-10-8-16(9-11-17)13(2)3)18(21(27)23(25)28)20(26)22-14(4)24-15(5)29-22/h8-11,13,19,27H,6-7,12H2,1-5H3. The van der Waals surface area contributed by atoms with Gasteiger partial charge in [-0.05, 0) is 37.3 Å². The van der Waals surface area contributed by atoms with E-state index >= 15 is 0 Å². The van der Waals surface area contributed by atoms with Gasteiger partial charge in [0.05, 0.1) is 27.2 Å². The minimum absolute atomic E-state index is 0.162. The van der Waals surface area contributed by atoms with Crippen molar-refractivity contribution in [3.8, 4) is 0 Å². The number of aromatic nitrogens is 1. The van der Waals surface area contributed by atoms with Crippen LogP contribution in [0.15, 0.2) is 35.6 Å². The van der Waals surface area contributed by atoms with Crippen LogP contribution in [0.25, 0.3) is 0 Å². The molecule has 2 aromatic rings. The highest BCUT2D eigenvalue weighted by Gasteiger charge is 2.44. The van der Waals surface area contributed by atoms with Crippen molar-refractivity contribution in [1.82, 2.24) is 9.88 Å². The molecule has 1 aliphatic rings. The molecule has 154 valence electrons. The monoisotopic (exact) mass is 412 g/mol. The molecule has 0 fully saturated rings. The molecule has 2 heterocycles. The lowest BCUT2D eigenvalue weighted by atomic mass is 9.93. The van der Waals surface area contributed by atoms with E-state index in [9.17, 15) is 14.7 Å². The molecule has 1 amide bonds. The molecule has 0 spiro atoms. The summed E-state index contributed by atoms with van der Waals surface area (Å²) in [6.45, 7) is 10.4. The number of hydrogen-bond donors (Lipinski definition) is 1. The Balaban J connectivity index is 2.08. The third kappa shape index (κ3) is 3.99. The maximum absolute atomic E-state index is 13.4. The number of benzene rings is 1. The van der Waals surface area contributed by atoms with Gasteiger partial charge in [0.25, 0.3) is 5.91 Å². The molecule has 29 heavy (non-hydrogen) atoms. The SMILES string of the molecule is CCCCN1C(=O)C(O)=C(C(=O)c2sc(C)nc2C)C1c1ccc(C(C)C)cc1. The summed E-state index contributed by atoms with van der Waals surface area (Å²) < 4.78 is 0. The fraction of sp³-hybridized carbons (Fsp3) is 0.435. The Bertz CT molecular complexity index is 957. The molecule has 3 rings (SSSR count). The van der Waals surface area contributed by atoms with E-state index in [4.69, 9.17) is 0 Å². The Morgan fingerprint density at radius 1 is 1.24 bits per heavy atom. The minimum atomic E-state index is -0.579. The Labute approximate surface area is 176 Å². The first-order valence-electron chi connectivity index (χ1n) is 10.1. The molecule has 5 nitrogen and oxygen atoms in total. The van der Waals surface area contributed by atoms with Crippen LogP contribution >= 0.6 is 11.3 Å². The molecule has 6 heteroatoms. The summed E-state index contributed by atoms with van der Waals surface area (Å²) in [4.78, 5) is 32.7. The van der Waals surface area contributed by atoms with Gasteiger partial charge in [-0.25, -0.2) is 4.98 Å². The number of Topliss-reactive ketones (excluding diaryl/α,β-unsaturated/α-hetero) is 1. The number of nitrogens with zero attached hydrogens (tertiary/aromatic N) is 2. The van der Waals surface area contributed by atoms with Crippen molar-refractivity contribution in [1.29, 1.82) is 0 Å². The highest BCUT2D eigenvalue weighted by Crippen LogP contribution is 2.40. The Morgan fingerprint density at radius 2 is 1.90 bits per heavy atom. The molecule has 0 bridgehead atoms. The van der Waals surface area contributed by atoms with E-state index in [1.165, 1.54) is 16.9 Å². The summed E-state index contributed by atoms with van der Waals surface area (Å²) in [6.07, 6.45) is 1.72. The van der Waals surface area contributed by atoms with E-state index in [2.05, 4.69) is 25.8 Å². The second-order valence-corrected chi connectivity index (χ2v) is 9.02. The maximum atomic E-state index is 13.4. The molecule has 1 aromatic heterocycles. The van der Waals surface area contributed by atoms with Gasteiger partial charge in [0, 0.05) is 6.54 Å². The highest BCUT2D eigenvalue weighted by atomic mass is 32.1. The third-order valence-corrected chi connectivity index (χ3v) is 6.40. The van der Waals surface area contributed by atoms with Gasteiger partial charge in [0.1, 0.15) is 0 Å². The van der Waals surface area contributed by atoms with Gasteiger partial charge in [0.2, 0.25) is 5.78 Å². The van der Waals surface area contributed by atoms with Gasteiger partial charge in [0.15, 0.2) is 5.76 Å². The van der Waals surface area contributed by atoms with E-state index in [1.54, 1.807) is 11.8 Å². The predicted molar refractivity (Wildman–Crippen MR) is 115 cm³/mol. The number of hydrogen-bond acceptors (Lipinski definition) is 5. The van der Waals surface area contributed by atoms with Gasteiger partial charge in [-0.1, -0.05) is 51.5 Å². The number of ketones is 1. The van der Waals surface area contributed by atoms with Crippen LogP contribution < -0.4 is 0 Å². The first-order chi connectivity index (χ1) is 13.8. The lowest BCUT2D eigenvalue weighted by Gasteiger charge is -2.27. The van der Waals surface area contributed by atoms with Crippen molar-refractivity contribution in [3.63, 3.8) is 0 Å². The van der Waals surface area contributed by atoms with Crippen LogP contribution in [0.2, 0.25) is 0 Å². The zero-order chi connectivity index (χ0) is 21.3. The fourth-order valence-corrected chi connectivity index (χ4v) is 4.59. The number of rotatable bonds is 7. The summed E-state index contributed by atoms with van der Waals surface area (Å²) in [5.74, 6) is -0.831. The number of carbonyl (C=O) groups excluding carboxylic acids is 2. The lowest BCUT2D eigenvalue weighted by Crippen LogP contribution is -2.32. The summed E-state index contributed by atoms with van der Waals surface area (Å²) in [5, 5.41) is 11.5. The van der Waals surface area contributed by atoms with Crippen molar-refractivity contribution in [2.45, 2.75) is 59.4 Å². The fourth-order valence-electron chi connectivity index (χ4n) is 3.72. The number of aryl methyl sites for hydroxylation is 2. The number of unbranched alkanes of at least 4 members (excludes halogenated alkanes) is 1. The van der Waals surface area contributed by atoms with Crippen molar-refractivity contribution < 1.29 is 14.7 Å². The zero-order valence-electron chi connectivity index (χ0n) is 17.7. The van der Waals surface area contributed by atoms with Crippen LogP contribution in [0.4, 0.5) is 0 Å². The maximum Gasteiger partial charge on any atom is 0.290 e. The van der Waals surface area contributed by atoms with Crippen LogP contribution in [-0.2, 0) is 4.79 Å². The number of carbonyl (C=O) groups is 2. The van der Waals surface area contributed by atoms with Gasteiger partial charge in [-0.2, -0.15) is 0 Å². The first kappa shape index (κ1) is 21.2. The van der Waals surface area contributed by atoms with Crippen molar-refractivity contribution in [2.24, 2.45) is 0 Å². The molecule has 1 aliphatic heterocycles. The summed E-state index contributed by atoms with van der Waals surface area (Å²) in [6, 6.07) is 7.40. The molecule has 1 N–H and O–H groups in total. The molecule has 0 aliphatic carbocycles. The number of aliphatic hydroxyl groups excluding tert-OH is 1. The lowest BCUT2D eigenvalue weighted by molar-refractivity contribution is -0.129. The third-order valence-electron chi connectivity index (χ3n) is 5.33. The second-order valence-electron chi connectivity index (χ2n) is 7.81. The first-order valence-corrected chi connectivity index (χ1v) is 10.9. The van der Waals surface area contributed by atoms with Gasteiger partial charge in [-0.3, -0.25) is 9.59 Å². The van der Waals surface area contributed by atoms with Gasteiger partial charge < -0.3 is 10.0 Å². The molecular weight excluding hydrogens is 384 g/mol. The Kier molecular flexibility index (Phi) is 6.22. The summed E-state index contributed by atoms with van der Waals surface area (Å²) in [7, 11) is 0. The van der Waals surface area contributed by atoms with Gasteiger partial charge >= 0.3 is 0 Å². The minimum Gasteiger partial charge on any atom is -0.503 e. The normalized spacial score (nSPS) is 17.0. The van der Waals surface area contributed by atoms with E-state index in [-0.39, 0.29) is 11.4 Å². The average Bonchev–Trinajstić information content (AvgIpc) is 3.16. The molecule has 0 saturated carbocycles. The Morgan fingerprint density at radius 3 is 2.41 bits per heavy atom. The van der Waals surface area contributed by atoms with Crippen molar-refractivity contribution in [2.75, 3.05) is 6.54 Å². The van der Waals surface area contributed by atoms with E-state index in [1.807, 2.05) is 31.2 Å². The largest absolute Gasteiger partial charge is 0.503 e. The second kappa shape index (κ2) is 8.49. The van der Waals surface area contributed by atoms with Crippen LogP contribution in [0.3, 0.4) is 0 Å². The zero-order valence-corrected chi connectivity index (χ0v) is 18.5. The van der Waals surface area contributed by atoms with E-state index < -0.39 is 17.7 Å². The van der Waals surface area contributed by atoms with Crippen molar-refractivity contribution in [3.05, 3.63) is 62.3 Å². The van der Waals surface area contributed by atoms with Crippen LogP contribution in [-0.4, -0.2) is 33.2 Å². The predicted octanol–water partition coefficient (Wildman–Crippen LogP) is 5.26. The molecule has 1 atom stereocenters. The summed E-state index contributed by atoms with van der Waals surface area (Å²) >= 11 is 1.30. The topological polar surface area (TPSA) is 70.5 Å².